The molecule has 128 valence electrons. The van der Waals surface area contributed by atoms with Crippen LogP contribution in [0.3, 0.4) is 0 Å². The number of carbonyl (C=O) groups is 1. The number of nitrogens with zero attached hydrogens (tertiary/aromatic N) is 6. The summed E-state index contributed by atoms with van der Waals surface area (Å²) in [6, 6.07) is 14.2. The second kappa shape index (κ2) is 6.55. The zero-order valence-electron chi connectivity index (χ0n) is 13.7. The van der Waals surface area contributed by atoms with Gasteiger partial charge < -0.3 is 9.73 Å². The highest BCUT2D eigenvalue weighted by Gasteiger charge is 2.10. The van der Waals surface area contributed by atoms with E-state index in [1.807, 2.05) is 6.07 Å². The van der Waals surface area contributed by atoms with Crippen molar-refractivity contribution >= 4 is 11.6 Å². The first-order valence-corrected chi connectivity index (χ1v) is 7.74. The van der Waals surface area contributed by atoms with Crippen molar-refractivity contribution in [3.8, 4) is 17.1 Å². The predicted octanol–water partition coefficient (Wildman–Crippen LogP) is 2.27. The first-order valence-electron chi connectivity index (χ1n) is 7.74. The lowest BCUT2D eigenvalue weighted by Crippen LogP contribution is -2.12. The van der Waals surface area contributed by atoms with Crippen LogP contribution in [0.1, 0.15) is 16.2 Å². The van der Waals surface area contributed by atoms with E-state index in [0.29, 0.717) is 28.7 Å². The van der Waals surface area contributed by atoms with Crippen LogP contribution in [0, 0.1) is 6.92 Å². The summed E-state index contributed by atoms with van der Waals surface area (Å²) in [5.41, 5.74) is 2.63. The fourth-order valence-corrected chi connectivity index (χ4v) is 2.38. The minimum Gasteiger partial charge on any atom is -0.421 e. The molecule has 1 amide bonds. The molecule has 0 fully saturated rings. The molecule has 0 radical (unpaired) electrons. The average molecular weight is 347 g/mol. The molecule has 1 N–H and O–H groups in total. The molecule has 0 spiro atoms. The number of amides is 1. The molecule has 0 saturated carbocycles. The molecule has 0 aliphatic carbocycles. The Balaban J connectivity index is 1.50. The number of benzene rings is 2. The Kier molecular flexibility index (Phi) is 3.94. The maximum absolute atomic E-state index is 12.5. The number of nitrogens with one attached hydrogen (secondary N) is 1. The van der Waals surface area contributed by atoms with Crippen LogP contribution in [0.15, 0.2) is 59.3 Å². The molecular formula is C17H13N7O2. The summed E-state index contributed by atoms with van der Waals surface area (Å²) in [7, 11) is 0. The lowest BCUT2D eigenvalue weighted by molar-refractivity contribution is 0.102. The molecule has 2 aromatic carbocycles. The molecule has 9 nitrogen and oxygen atoms in total. The molecule has 4 aromatic rings. The van der Waals surface area contributed by atoms with Gasteiger partial charge in [-0.3, -0.25) is 4.79 Å². The van der Waals surface area contributed by atoms with Gasteiger partial charge in [-0.2, -0.15) is 0 Å². The van der Waals surface area contributed by atoms with Crippen LogP contribution in [0.2, 0.25) is 0 Å². The number of rotatable bonds is 4. The SMILES string of the molecule is Cc1nnc(-c2ccc(NC(=O)c3cccc(-n4cnnn4)c3)cc2)o1. The Morgan fingerprint density at radius 1 is 1.12 bits per heavy atom. The Bertz CT molecular complexity index is 1040. The van der Waals surface area contributed by atoms with E-state index in [1.54, 1.807) is 49.4 Å². The second-order valence-corrected chi connectivity index (χ2v) is 5.46. The molecule has 0 atom stereocenters. The Morgan fingerprint density at radius 2 is 1.96 bits per heavy atom. The standard InChI is InChI=1S/C17H13N7O2/c1-11-20-21-17(26-11)12-5-7-14(8-6-12)19-16(25)13-3-2-4-15(9-13)24-10-18-22-23-24/h2-10H,1H3,(H,19,25). The summed E-state index contributed by atoms with van der Waals surface area (Å²) in [4.78, 5) is 12.5. The number of aryl methyl sites for hydroxylation is 1. The number of anilines is 1. The summed E-state index contributed by atoms with van der Waals surface area (Å²) in [6.45, 7) is 1.73. The highest BCUT2D eigenvalue weighted by molar-refractivity contribution is 6.04. The average Bonchev–Trinajstić information content (AvgIpc) is 3.34. The van der Waals surface area contributed by atoms with Crippen LogP contribution >= 0.6 is 0 Å². The van der Waals surface area contributed by atoms with Gasteiger partial charge in [0.25, 0.3) is 5.91 Å². The summed E-state index contributed by atoms with van der Waals surface area (Å²) in [5.74, 6) is 0.704. The van der Waals surface area contributed by atoms with Crippen LogP contribution in [0.5, 0.6) is 0 Å². The molecular weight excluding hydrogens is 334 g/mol. The third-order valence-corrected chi connectivity index (χ3v) is 3.64. The van der Waals surface area contributed by atoms with Gasteiger partial charge in [0.1, 0.15) is 6.33 Å². The van der Waals surface area contributed by atoms with Gasteiger partial charge in [0.15, 0.2) is 0 Å². The Labute approximate surface area is 147 Å². The lowest BCUT2D eigenvalue weighted by Gasteiger charge is -2.07. The number of carbonyl (C=O) groups excluding carboxylic acids is 1. The predicted molar refractivity (Wildman–Crippen MR) is 91.6 cm³/mol. The summed E-state index contributed by atoms with van der Waals surface area (Å²) in [5, 5.41) is 21.6. The van der Waals surface area contributed by atoms with Crippen LogP contribution in [0.4, 0.5) is 5.69 Å². The zero-order chi connectivity index (χ0) is 17.9. The van der Waals surface area contributed by atoms with Gasteiger partial charge in [-0.05, 0) is 52.9 Å². The summed E-state index contributed by atoms with van der Waals surface area (Å²) in [6.07, 6.45) is 1.47. The fourth-order valence-electron chi connectivity index (χ4n) is 2.38. The molecule has 0 saturated heterocycles. The van der Waals surface area contributed by atoms with Gasteiger partial charge in [-0.1, -0.05) is 6.07 Å². The van der Waals surface area contributed by atoms with Gasteiger partial charge in [0.05, 0.1) is 5.69 Å². The van der Waals surface area contributed by atoms with Crippen molar-refractivity contribution in [2.75, 3.05) is 5.32 Å². The quantitative estimate of drug-likeness (QED) is 0.602. The third kappa shape index (κ3) is 3.18. The first kappa shape index (κ1) is 15.6. The van der Waals surface area contributed by atoms with E-state index in [0.717, 1.165) is 5.56 Å². The van der Waals surface area contributed by atoms with E-state index in [2.05, 4.69) is 31.0 Å². The monoisotopic (exact) mass is 347 g/mol. The Hall–Kier alpha value is -3.88. The van der Waals surface area contributed by atoms with Crippen LogP contribution in [0.25, 0.3) is 17.1 Å². The van der Waals surface area contributed by atoms with Crippen molar-refractivity contribution in [1.29, 1.82) is 0 Å². The van der Waals surface area contributed by atoms with E-state index < -0.39 is 0 Å². The molecule has 0 aliphatic rings. The maximum Gasteiger partial charge on any atom is 0.255 e. The van der Waals surface area contributed by atoms with Gasteiger partial charge in [0.2, 0.25) is 11.8 Å². The van der Waals surface area contributed by atoms with Crippen molar-refractivity contribution < 1.29 is 9.21 Å². The van der Waals surface area contributed by atoms with E-state index in [9.17, 15) is 4.79 Å². The van der Waals surface area contributed by atoms with E-state index in [1.165, 1.54) is 11.0 Å². The largest absolute Gasteiger partial charge is 0.421 e. The first-order chi connectivity index (χ1) is 12.7. The highest BCUT2D eigenvalue weighted by atomic mass is 16.4. The zero-order valence-corrected chi connectivity index (χ0v) is 13.7. The van der Waals surface area contributed by atoms with Gasteiger partial charge in [0, 0.05) is 23.7 Å². The maximum atomic E-state index is 12.5. The molecule has 0 bridgehead atoms. The normalized spacial score (nSPS) is 10.7. The van der Waals surface area contributed by atoms with Crippen LogP contribution in [-0.2, 0) is 0 Å². The fraction of sp³-hybridized carbons (Fsp3) is 0.0588. The second-order valence-electron chi connectivity index (χ2n) is 5.46. The highest BCUT2D eigenvalue weighted by Crippen LogP contribution is 2.20. The van der Waals surface area contributed by atoms with E-state index in [4.69, 9.17) is 4.42 Å². The molecule has 9 heteroatoms. The topological polar surface area (TPSA) is 112 Å². The van der Waals surface area contributed by atoms with Crippen molar-refractivity contribution in [1.82, 2.24) is 30.4 Å². The van der Waals surface area contributed by atoms with E-state index >= 15 is 0 Å². The minimum atomic E-state index is -0.235. The summed E-state index contributed by atoms with van der Waals surface area (Å²) < 4.78 is 6.86. The third-order valence-electron chi connectivity index (χ3n) is 3.64. The van der Waals surface area contributed by atoms with Gasteiger partial charge in [-0.25, -0.2) is 4.68 Å². The van der Waals surface area contributed by atoms with Crippen LogP contribution in [-0.4, -0.2) is 36.3 Å². The van der Waals surface area contributed by atoms with Crippen LogP contribution < -0.4 is 5.32 Å². The van der Waals surface area contributed by atoms with Gasteiger partial charge >= 0.3 is 0 Å². The molecule has 0 unspecified atom stereocenters. The summed E-state index contributed by atoms with van der Waals surface area (Å²) >= 11 is 0. The van der Waals surface area contributed by atoms with Crippen molar-refractivity contribution in [2.45, 2.75) is 6.92 Å². The number of aromatic nitrogens is 6. The number of hydrogen-bond acceptors (Lipinski definition) is 7. The van der Waals surface area contributed by atoms with Gasteiger partial charge in [-0.15, -0.1) is 15.3 Å². The van der Waals surface area contributed by atoms with Crippen molar-refractivity contribution in [3.05, 3.63) is 66.3 Å². The Morgan fingerprint density at radius 3 is 2.65 bits per heavy atom. The minimum absolute atomic E-state index is 0.235. The van der Waals surface area contributed by atoms with Crippen molar-refractivity contribution in [2.24, 2.45) is 0 Å². The lowest BCUT2D eigenvalue weighted by atomic mass is 10.1. The smallest absolute Gasteiger partial charge is 0.255 e. The molecule has 4 rings (SSSR count). The molecule has 2 aromatic heterocycles. The van der Waals surface area contributed by atoms with Crippen molar-refractivity contribution in [3.63, 3.8) is 0 Å². The molecule has 2 heterocycles. The number of tetrazole rings is 1. The van der Waals surface area contributed by atoms with E-state index in [-0.39, 0.29) is 5.91 Å². The molecule has 26 heavy (non-hydrogen) atoms. The number of hydrogen-bond donors (Lipinski definition) is 1. The molecule has 0 aliphatic heterocycles.